The average molecular weight is 335 g/mol. The van der Waals surface area contributed by atoms with Crippen LogP contribution in [0.3, 0.4) is 0 Å². The van der Waals surface area contributed by atoms with E-state index in [4.69, 9.17) is 21.1 Å². The Morgan fingerprint density at radius 1 is 1.35 bits per heavy atom. The van der Waals surface area contributed by atoms with Gasteiger partial charge in [-0.1, -0.05) is 23.7 Å². The van der Waals surface area contributed by atoms with E-state index in [-0.39, 0.29) is 6.04 Å². The number of ether oxygens (including phenoxy) is 2. The quantitative estimate of drug-likeness (QED) is 0.872. The van der Waals surface area contributed by atoms with Crippen LogP contribution in [0.4, 0.5) is 17.5 Å². The maximum Gasteiger partial charge on any atom is 0.229 e. The third kappa shape index (κ3) is 4.03. The molecule has 122 valence electrons. The highest BCUT2D eigenvalue weighted by atomic mass is 35.5. The number of nitrogens with one attached hydrogen (secondary N) is 2. The second-order valence-electron chi connectivity index (χ2n) is 5.27. The zero-order valence-electron chi connectivity index (χ0n) is 12.9. The Balaban J connectivity index is 1.76. The van der Waals surface area contributed by atoms with E-state index in [1.165, 1.54) is 0 Å². The summed E-state index contributed by atoms with van der Waals surface area (Å²) in [6.07, 6.45) is 3.65. The van der Waals surface area contributed by atoms with Crippen LogP contribution in [0.5, 0.6) is 5.75 Å². The first kappa shape index (κ1) is 15.8. The fraction of sp³-hybridized carbons (Fsp3) is 0.375. The highest BCUT2D eigenvalue weighted by molar-refractivity contribution is 6.32. The lowest BCUT2D eigenvalue weighted by Crippen LogP contribution is -2.30. The maximum absolute atomic E-state index is 6.20. The molecule has 1 aliphatic rings. The zero-order valence-corrected chi connectivity index (χ0v) is 13.6. The van der Waals surface area contributed by atoms with Crippen LogP contribution in [0.15, 0.2) is 30.5 Å². The van der Waals surface area contributed by atoms with Gasteiger partial charge in [0, 0.05) is 6.61 Å². The van der Waals surface area contributed by atoms with Crippen molar-refractivity contribution in [2.75, 3.05) is 31.0 Å². The molecule has 0 spiro atoms. The lowest BCUT2D eigenvalue weighted by molar-refractivity contribution is 0.0875. The van der Waals surface area contributed by atoms with Crippen LogP contribution in [-0.4, -0.2) is 36.3 Å². The fourth-order valence-electron chi connectivity index (χ4n) is 2.44. The fourth-order valence-corrected chi connectivity index (χ4v) is 2.59. The van der Waals surface area contributed by atoms with Crippen molar-refractivity contribution in [1.82, 2.24) is 9.97 Å². The molecule has 0 amide bonds. The highest BCUT2D eigenvalue weighted by Crippen LogP contribution is 2.27. The van der Waals surface area contributed by atoms with Crippen molar-refractivity contribution in [3.05, 3.63) is 35.5 Å². The summed E-state index contributed by atoms with van der Waals surface area (Å²) in [5, 5.41) is 6.96. The minimum Gasteiger partial charge on any atom is -0.495 e. The van der Waals surface area contributed by atoms with E-state index in [1.807, 2.05) is 24.3 Å². The number of hydrogen-bond donors (Lipinski definition) is 2. The summed E-state index contributed by atoms with van der Waals surface area (Å²) in [7, 11) is 1.62. The van der Waals surface area contributed by atoms with Gasteiger partial charge in [-0.15, -0.1) is 0 Å². The zero-order chi connectivity index (χ0) is 16.1. The number of halogens is 1. The first-order valence-electron chi connectivity index (χ1n) is 7.53. The Morgan fingerprint density at radius 3 is 3.00 bits per heavy atom. The average Bonchev–Trinajstić information content (AvgIpc) is 2.59. The summed E-state index contributed by atoms with van der Waals surface area (Å²) in [4.78, 5) is 8.68. The Kier molecular flexibility index (Phi) is 5.15. The van der Waals surface area contributed by atoms with E-state index in [0.29, 0.717) is 23.4 Å². The smallest absolute Gasteiger partial charge is 0.229 e. The van der Waals surface area contributed by atoms with Gasteiger partial charge in [0.25, 0.3) is 0 Å². The minimum atomic E-state index is 0.218. The normalized spacial score (nSPS) is 17.6. The molecule has 0 saturated carbocycles. The molecular weight excluding hydrogens is 316 g/mol. The molecular formula is C16H19ClN4O2. The van der Waals surface area contributed by atoms with Gasteiger partial charge in [-0.2, -0.15) is 4.98 Å². The van der Waals surface area contributed by atoms with Gasteiger partial charge in [-0.05, 0) is 25.0 Å². The van der Waals surface area contributed by atoms with E-state index >= 15 is 0 Å². The summed E-state index contributed by atoms with van der Waals surface area (Å²) in [6.45, 7) is 1.48. The van der Waals surface area contributed by atoms with Crippen molar-refractivity contribution in [2.45, 2.75) is 18.9 Å². The van der Waals surface area contributed by atoms with Gasteiger partial charge >= 0.3 is 0 Å². The van der Waals surface area contributed by atoms with Gasteiger partial charge in [-0.3, -0.25) is 0 Å². The van der Waals surface area contributed by atoms with Crippen LogP contribution in [0, 0.1) is 0 Å². The summed E-state index contributed by atoms with van der Waals surface area (Å²) in [5.74, 6) is 1.79. The molecule has 1 aromatic carbocycles. The van der Waals surface area contributed by atoms with Gasteiger partial charge in [0.2, 0.25) is 5.95 Å². The number of rotatable bonds is 5. The topological polar surface area (TPSA) is 68.3 Å². The molecule has 1 aromatic heterocycles. The van der Waals surface area contributed by atoms with Crippen molar-refractivity contribution in [1.29, 1.82) is 0 Å². The molecule has 2 heterocycles. The van der Waals surface area contributed by atoms with Crippen molar-refractivity contribution in [3.63, 3.8) is 0 Å². The van der Waals surface area contributed by atoms with Crippen molar-refractivity contribution < 1.29 is 9.47 Å². The molecule has 0 radical (unpaired) electrons. The Morgan fingerprint density at radius 2 is 2.22 bits per heavy atom. The molecule has 1 atom stereocenters. The summed E-state index contributed by atoms with van der Waals surface area (Å²) in [6, 6.07) is 7.81. The molecule has 7 heteroatoms. The number of hydrogen-bond acceptors (Lipinski definition) is 6. The number of anilines is 3. The molecule has 1 aliphatic heterocycles. The summed E-state index contributed by atoms with van der Waals surface area (Å²) >= 11 is 6.20. The standard InChI is InChI=1S/C16H19ClN4O2/c1-22-14-7-3-2-6-13(14)20-16-18-9-12(17)15(21-16)19-11-5-4-8-23-10-11/h2-3,6-7,9,11H,4-5,8,10H2,1H3,(H2,18,19,20,21). The lowest BCUT2D eigenvalue weighted by Gasteiger charge is -2.24. The monoisotopic (exact) mass is 334 g/mol. The molecule has 0 aliphatic carbocycles. The second-order valence-corrected chi connectivity index (χ2v) is 5.68. The first-order chi connectivity index (χ1) is 11.3. The molecule has 1 saturated heterocycles. The Hall–Kier alpha value is -2.05. The van der Waals surface area contributed by atoms with Gasteiger partial charge < -0.3 is 20.1 Å². The SMILES string of the molecule is COc1ccccc1Nc1ncc(Cl)c(NC2CCCOC2)n1. The van der Waals surface area contributed by atoms with Crippen LogP contribution < -0.4 is 15.4 Å². The lowest BCUT2D eigenvalue weighted by atomic mass is 10.1. The molecule has 1 fully saturated rings. The predicted octanol–water partition coefficient (Wildman–Crippen LogP) is 3.47. The van der Waals surface area contributed by atoms with E-state index in [0.717, 1.165) is 30.9 Å². The number of nitrogens with zero attached hydrogens (tertiary/aromatic N) is 2. The number of para-hydroxylation sites is 2. The third-order valence-corrected chi connectivity index (χ3v) is 3.88. The van der Waals surface area contributed by atoms with Crippen LogP contribution >= 0.6 is 11.6 Å². The maximum atomic E-state index is 6.20. The van der Waals surface area contributed by atoms with Crippen LogP contribution in [0.2, 0.25) is 5.02 Å². The van der Waals surface area contributed by atoms with Crippen molar-refractivity contribution in [2.24, 2.45) is 0 Å². The number of methoxy groups -OCH3 is 1. The predicted molar refractivity (Wildman–Crippen MR) is 90.8 cm³/mol. The molecule has 2 aromatic rings. The van der Waals surface area contributed by atoms with E-state index in [1.54, 1.807) is 13.3 Å². The van der Waals surface area contributed by atoms with Crippen LogP contribution in [-0.2, 0) is 4.74 Å². The summed E-state index contributed by atoms with van der Waals surface area (Å²) in [5.41, 5.74) is 0.796. The van der Waals surface area contributed by atoms with Gasteiger partial charge in [-0.25, -0.2) is 4.98 Å². The largest absolute Gasteiger partial charge is 0.495 e. The van der Waals surface area contributed by atoms with Crippen LogP contribution in [0.25, 0.3) is 0 Å². The van der Waals surface area contributed by atoms with Crippen LogP contribution in [0.1, 0.15) is 12.8 Å². The van der Waals surface area contributed by atoms with E-state index in [9.17, 15) is 0 Å². The number of aromatic nitrogens is 2. The van der Waals surface area contributed by atoms with Gasteiger partial charge in [0.05, 0.1) is 31.6 Å². The van der Waals surface area contributed by atoms with Gasteiger partial charge in [0.15, 0.2) is 5.82 Å². The molecule has 2 N–H and O–H groups in total. The summed E-state index contributed by atoms with van der Waals surface area (Å²) < 4.78 is 10.8. The molecule has 3 rings (SSSR count). The minimum absolute atomic E-state index is 0.218. The second kappa shape index (κ2) is 7.48. The first-order valence-corrected chi connectivity index (χ1v) is 7.91. The Labute approximate surface area is 140 Å². The molecule has 0 bridgehead atoms. The van der Waals surface area contributed by atoms with Gasteiger partial charge in [0.1, 0.15) is 10.8 Å². The highest BCUT2D eigenvalue weighted by Gasteiger charge is 2.16. The molecule has 23 heavy (non-hydrogen) atoms. The van der Waals surface area contributed by atoms with Crippen molar-refractivity contribution in [3.8, 4) is 5.75 Å². The van der Waals surface area contributed by atoms with E-state index < -0.39 is 0 Å². The Bertz CT molecular complexity index is 662. The molecule has 6 nitrogen and oxygen atoms in total. The number of benzene rings is 1. The molecule has 1 unspecified atom stereocenters. The third-order valence-electron chi connectivity index (χ3n) is 3.60. The van der Waals surface area contributed by atoms with E-state index in [2.05, 4.69) is 20.6 Å². The van der Waals surface area contributed by atoms with Crippen molar-refractivity contribution >= 4 is 29.1 Å².